The van der Waals surface area contributed by atoms with Crippen LogP contribution in [0.15, 0.2) is 42.7 Å². The van der Waals surface area contributed by atoms with Crippen molar-refractivity contribution in [2.75, 3.05) is 0 Å². The van der Waals surface area contributed by atoms with Crippen molar-refractivity contribution < 1.29 is 15.0 Å². The molecule has 0 amide bonds. The highest BCUT2D eigenvalue weighted by Gasteiger charge is 2.13. The molecule has 0 radical (unpaired) electrons. The quantitative estimate of drug-likeness (QED) is 0.845. The number of aromatic carboxylic acids is 1. The lowest BCUT2D eigenvalue weighted by Crippen LogP contribution is -2.01. The van der Waals surface area contributed by atoms with Gasteiger partial charge in [0.25, 0.3) is 0 Å². The van der Waals surface area contributed by atoms with Crippen LogP contribution in [0, 0.1) is 0 Å². The highest BCUT2D eigenvalue weighted by atomic mass is 16.4. The van der Waals surface area contributed by atoms with Crippen molar-refractivity contribution in [3.8, 4) is 5.75 Å². The highest BCUT2D eigenvalue weighted by molar-refractivity contribution is 5.90. The van der Waals surface area contributed by atoms with Crippen LogP contribution >= 0.6 is 0 Å². The van der Waals surface area contributed by atoms with Gasteiger partial charge < -0.3 is 10.2 Å². The van der Waals surface area contributed by atoms with Crippen LogP contribution < -0.4 is 0 Å². The number of benzene rings is 1. The van der Waals surface area contributed by atoms with Crippen LogP contribution in [0.5, 0.6) is 5.75 Å². The van der Waals surface area contributed by atoms with Crippen molar-refractivity contribution in [1.29, 1.82) is 0 Å². The fourth-order valence-corrected chi connectivity index (χ4v) is 1.60. The van der Waals surface area contributed by atoms with Crippen molar-refractivity contribution in [2.24, 2.45) is 0 Å². The Kier molecular flexibility index (Phi) is 3.05. The Morgan fingerprint density at radius 2 is 1.88 bits per heavy atom. The summed E-state index contributed by atoms with van der Waals surface area (Å²) in [5, 5.41) is 18.7. The van der Waals surface area contributed by atoms with Gasteiger partial charge in [-0.25, -0.2) is 4.79 Å². The molecule has 4 heteroatoms. The van der Waals surface area contributed by atoms with Gasteiger partial charge in [0.05, 0.1) is 0 Å². The molecule has 2 rings (SSSR count). The summed E-state index contributed by atoms with van der Waals surface area (Å²) in [5.74, 6) is -1.39. The Balaban J connectivity index is 2.34. The van der Waals surface area contributed by atoms with Crippen LogP contribution in [-0.4, -0.2) is 21.2 Å². The molecular weight excluding hydrogens is 218 g/mol. The molecule has 0 saturated carbocycles. The van der Waals surface area contributed by atoms with E-state index in [-0.39, 0.29) is 11.3 Å². The van der Waals surface area contributed by atoms with Gasteiger partial charge in [0.2, 0.25) is 0 Å². The van der Waals surface area contributed by atoms with E-state index >= 15 is 0 Å². The SMILES string of the molecule is O=C(O)c1cncc(Cc2ccccc2)c1O. The Bertz CT molecular complexity index is 538. The second kappa shape index (κ2) is 4.65. The first kappa shape index (κ1) is 11.1. The molecule has 2 N–H and O–H groups in total. The maximum Gasteiger partial charge on any atom is 0.341 e. The van der Waals surface area contributed by atoms with Crippen molar-refractivity contribution in [1.82, 2.24) is 4.98 Å². The fraction of sp³-hybridized carbons (Fsp3) is 0.0769. The molecule has 0 fully saturated rings. The maximum absolute atomic E-state index is 10.8. The molecule has 0 saturated heterocycles. The van der Waals surface area contributed by atoms with Gasteiger partial charge in [0.1, 0.15) is 11.3 Å². The summed E-state index contributed by atoms with van der Waals surface area (Å²) >= 11 is 0. The number of hydrogen-bond acceptors (Lipinski definition) is 3. The maximum atomic E-state index is 10.8. The molecule has 0 spiro atoms. The molecule has 2 aromatic rings. The zero-order valence-corrected chi connectivity index (χ0v) is 9.00. The Labute approximate surface area is 98.2 Å². The number of nitrogens with zero attached hydrogens (tertiary/aromatic N) is 1. The summed E-state index contributed by atoms with van der Waals surface area (Å²) in [6.07, 6.45) is 3.09. The molecule has 4 nitrogen and oxygen atoms in total. The van der Waals surface area contributed by atoms with Crippen LogP contribution in [0.3, 0.4) is 0 Å². The van der Waals surface area contributed by atoms with Gasteiger partial charge in [-0.15, -0.1) is 0 Å². The van der Waals surface area contributed by atoms with Crippen LogP contribution in [0.1, 0.15) is 21.5 Å². The monoisotopic (exact) mass is 229 g/mol. The lowest BCUT2D eigenvalue weighted by atomic mass is 10.0. The third-order valence-electron chi connectivity index (χ3n) is 2.46. The predicted molar refractivity (Wildman–Crippen MR) is 62.1 cm³/mol. The third kappa shape index (κ3) is 2.42. The number of hydrogen-bond donors (Lipinski definition) is 2. The number of aromatic nitrogens is 1. The molecule has 1 aromatic heterocycles. The number of pyridine rings is 1. The minimum atomic E-state index is -1.18. The first-order valence-electron chi connectivity index (χ1n) is 5.11. The fourth-order valence-electron chi connectivity index (χ4n) is 1.60. The van der Waals surface area contributed by atoms with Gasteiger partial charge in [-0.2, -0.15) is 0 Å². The number of carbonyl (C=O) groups is 1. The Morgan fingerprint density at radius 1 is 1.18 bits per heavy atom. The second-order valence-corrected chi connectivity index (χ2v) is 3.66. The van der Waals surface area contributed by atoms with E-state index in [0.29, 0.717) is 12.0 Å². The van der Waals surface area contributed by atoms with Gasteiger partial charge in [0, 0.05) is 24.4 Å². The third-order valence-corrected chi connectivity index (χ3v) is 2.46. The van der Waals surface area contributed by atoms with E-state index in [1.54, 1.807) is 0 Å². The normalized spacial score (nSPS) is 10.1. The molecule has 1 aromatic carbocycles. The average molecular weight is 229 g/mol. The van der Waals surface area contributed by atoms with E-state index in [2.05, 4.69) is 4.98 Å². The number of carboxylic acid groups (broad SMARTS) is 1. The topological polar surface area (TPSA) is 70.4 Å². The summed E-state index contributed by atoms with van der Waals surface area (Å²) in [6, 6.07) is 9.50. The number of aromatic hydroxyl groups is 1. The van der Waals surface area contributed by atoms with Crippen LogP contribution in [0.2, 0.25) is 0 Å². The van der Waals surface area contributed by atoms with E-state index in [9.17, 15) is 9.90 Å². The van der Waals surface area contributed by atoms with Crippen molar-refractivity contribution in [3.05, 3.63) is 59.4 Å². The molecule has 0 aliphatic rings. The first-order valence-corrected chi connectivity index (χ1v) is 5.11. The van der Waals surface area contributed by atoms with E-state index < -0.39 is 5.97 Å². The van der Waals surface area contributed by atoms with Crippen LogP contribution in [0.4, 0.5) is 0 Å². The molecule has 0 aliphatic carbocycles. The molecule has 0 atom stereocenters. The lowest BCUT2D eigenvalue weighted by molar-refractivity contribution is 0.0693. The Hall–Kier alpha value is -2.36. The van der Waals surface area contributed by atoms with E-state index in [0.717, 1.165) is 11.8 Å². The highest BCUT2D eigenvalue weighted by Crippen LogP contribution is 2.23. The number of carboxylic acids is 1. The molecule has 0 aliphatic heterocycles. The predicted octanol–water partition coefficient (Wildman–Crippen LogP) is 2.08. The zero-order chi connectivity index (χ0) is 12.3. The molecule has 0 unspecified atom stereocenters. The smallest absolute Gasteiger partial charge is 0.341 e. The molecule has 1 heterocycles. The minimum Gasteiger partial charge on any atom is -0.507 e. The summed E-state index contributed by atoms with van der Waals surface area (Å²) in [4.78, 5) is 14.6. The minimum absolute atomic E-state index is 0.168. The van der Waals surface area contributed by atoms with Gasteiger partial charge in [-0.05, 0) is 5.56 Å². The second-order valence-electron chi connectivity index (χ2n) is 3.66. The first-order chi connectivity index (χ1) is 8.18. The summed E-state index contributed by atoms with van der Waals surface area (Å²) in [6.45, 7) is 0. The van der Waals surface area contributed by atoms with Crippen molar-refractivity contribution in [2.45, 2.75) is 6.42 Å². The zero-order valence-electron chi connectivity index (χ0n) is 9.00. The summed E-state index contributed by atoms with van der Waals surface area (Å²) < 4.78 is 0. The molecular formula is C13H11NO3. The van der Waals surface area contributed by atoms with Gasteiger partial charge in [-0.1, -0.05) is 30.3 Å². The van der Waals surface area contributed by atoms with Gasteiger partial charge in [0.15, 0.2) is 0 Å². The van der Waals surface area contributed by atoms with E-state index in [1.165, 1.54) is 6.20 Å². The summed E-state index contributed by atoms with van der Waals surface area (Å²) in [7, 11) is 0. The molecule has 86 valence electrons. The lowest BCUT2D eigenvalue weighted by Gasteiger charge is -2.06. The van der Waals surface area contributed by atoms with Gasteiger partial charge in [-0.3, -0.25) is 4.98 Å². The largest absolute Gasteiger partial charge is 0.507 e. The van der Waals surface area contributed by atoms with Gasteiger partial charge >= 0.3 is 5.97 Å². The van der Waals surface area contributed by atoms with E-state index in [4.69, 9.17) is 5.11 Å². The molecule has 17 heavy (non-hydrogen) atoms. The van der Waals surface area contributed by atoms with Crippen LogP contribution in [0.25, 0.3) is 0 Å². The van der Waals surface area contributed by atoms with E-state index in [1.807, 2.05) is 30.3 Å². The Morgan fingerprint density at radius 3 is 2.53 bits per heavy atom. The van der Waals surface area contributed by atoms with Crippen LogP contribution in [-0.2, 0) is 6.42 Å². The van der Waals surface area contributed by atoms with Crippen molar-refractivity contribution in [3.63, 3.8) is 0 Å². The number of rotatable bonds is 3. The molecule has 0 bridgehead atoms. The summed E-state index contributed by atoms with van der Waals surface area (Å²) in [5.41, 5.74) is 1.33. The van der Waals surface area contributed by atoms with Crippen molar-refractivity contribution >= 4 is 5.97 Å². The standard InChI is InChI=1S/C13H11NO3/c15-12-10(6-9-4-2-1-3-5-9)7-14-8-11(12)13(16)17/h1-5,7-8H,6H2,(H,14,15)(H,16,17). The average Bonchev–Trinajstić information content (AvgIpc) is 2.33.